The third-order valence-electron chi connectivity index (χ3n) is 2.50. The Labute approximate surface area is 106 Å². The molecule has 0 aliphatic rings. The van der Waals surface area contributed by atoms with Crippen LogP contribution in [0.1, 0.15) is 5.56 Å². The number of carbonyl (C=O) groups excluding carboxylic acids is 1. The Bertz CT molecular complexity index is 597. The van der Waals surface area contributed by atoms with Gasteiger partial charge in [0.05, 0.1) is 5.52 Å². The Morgan fingerprint density at radius 1 is 1.33 bits per heavy atom. The predicted molar refractivity (Wildman–Crippen MR) is 74.0 cm³/mol. The molecule has 2 rings (SSSR count). The van der Waals surface area contributed by atoms with Crippen molar-refractivity contribution in [2.45, 2.75) is 0 Å². The molecule has 1 N–H and O–H groups in total. The minimum Gasteiger partial charge on any atom is -0.349 e. The van der Waals surface area contributed by atoms with Crippen LogP contribution in [-0.2, 0) is 4.79 Å². The number of aromatic nitrogens is 1. The summed E-state index contributed by atoms with van der Waals surface area (Å²) in [6, 6.07) is 9.78. The minimum absolute atomic E-state index is 0.136. The molecule has 1 aromatic heterocycles. The minimum atomic E-state index is -0.136. The summed E-state index contributed by atoms with van der Waals surface area (Å²) in [4.78, 5) is 15.8. The molecule has 0 bridgehead atoms. The fraction of sp³-hybridized carbons (Fsp3) is 0.0667. The molecule has 0 atom stereocenters. The lowest BCUT2D eigenvalue weighted by molar-refractivity contribution is -0.116. The van der Waals surface area contributed by atoms with Gasteiger partial charge in [-0.05, 0) is 12.1 Å². The van der Waals surface area contributed by atoms with Crippen LogP contribution >= 0.6 is 0 Å². The SMILES string of the molecule is C=CCNC(=O)/C=C/c1cccc2cccnc12. The van der Waals surface area contributed by atoms with E-state index in [2.05, 4.69) is 16.9 Å². The van der Waals surface area contributed by atoms with E-state index < -0.39 is 0 Å². The van der Waals surface area contributed by atoms with Gasteiger partial charge in [0.1, 0.15) is 0 Å². The van der Waals surface area contributed by atoms with E-state index in [-0.39, 0.29) is 5.91 Å². The van der Waals surface area contributed by atoms with Crippen LogP contribution in [0.15, 0.2) is 55.3 Å². The van der Waals surface area contributed by atoms with Crippen molar-refractivity contribution >= 4 is 22.9 Å². The Hall–Kier alpha value is -2.42. The summed E-state index contributed by atoms with van der Waals surface area (Å²) in [5.41, 5.74) is 1.83. The zero-order valence-electron chi connectivity index (χ0n) is 9.97. The monoisotopic (exact) mass is 238 g/mol. The van der Waals surface area contributed by atoms with Gasteiger partial charge in [0.15, 0.2) is 0 Å². The van der Waals surface area contributed by atoms with Crippen molar-refractivity contribution in [3.05, 3.63) is 60.8 Å². The first kappa shape index (κ1) is 12.0. The van der Waals surface area contributed by atoms with Crippen molar-refractivity contribution in [1.82, 2.24) is 10.3 Å². The van der Waals surface area contributed by atoms with Crippen LogP contribution in [0.3, 0.4) is 0 Å². The fourth-order valence-corrected chi connectivity index (χ4v) is 1.66. The van der Waals surface area contributed by atoms with Crippen LogP contribution in [0.4, 0.5) is 0 Å². The van der Waals surface area contributed by atoms with Gasteiger partial charge in [0, 0.05) is 29.8 Å². The molecule has 0 fully saturated rings. The molecule has 0 spiro atoms. The van der Waals surface area contributed by atoms with Gasteiger partial charge < -0.3 is 5.32 Å². The van der Waals surface area contributed by atoms with E-state index >= 15 is 0 Å². The van der Waals surface area contributed by atoms with Crippen LogP contribution < -0.4 is 5.32 Å². The highest BCUT2D eigenvalue weighted by Crippen LogP contribution is 2.16. The van der Waals surface area contributed by atoms with E-state index in [1.807, 2.05) is 30.3 Å². The lowest BCUT2D eigenvalue weighted by Gasteiger charge is -2.00. The summed E-state index contributed by atoms with van der Waals surface area (Å²) in [5, 5.41) is 3.75. The van der Waals surface area contributed by atoms with Gasteiger partial charge in [-0.25, -0.2) is 0 Å². The molecule has 3 nitrogen and oxygen atoms in total. The van der Waals surface area contributed by atoms with Crippen molar-refractivity contribution < 1.29 is 4.79 Å². The molecule has 0 saturated carbocycles. The number of hydrogen-bond acceptors (Lipinski definition) is 2. The molecular weight excluding hydrogens is 224 g/mol. The molecule has 1 aromatic carbocycles. The molecule has 3 heteroatoms. The van der Waals surface area contributed by atoms with Crippen molar-refractivity contribution in [3.8, 4) is 0 Å². The quantitative estimate of drug-likeness (QED) is 0.657. The van der Waals surface area contributed by atoms with Gasteiger partial charge in [0.25, 0.3) is 0 Å². The van der Waals surface area contributed by atoms with Crippen LogP contribution in [0, 0.1) is 0 Å². The molecule has 0 aliphatic heterocycles. The maximum Gasteiger partial charge on any atom is 0.244 e. The third kappa shape index (κ3) is 2.83. The Morgan fingerprint density at radius 2 is 2.17 bits per heavy atom. The standard InChI is InChI=1S/C15H14N2O/c1-2-10-16-14(18)9-8-13-6-3-5-12-7-4-11-17-15(12)13/h2-9,11H,1,10H2,(H,16,18)/b9-8+. The van der Waals surface area contributed by atoms with Crippen molar-refractivity contribution in [2.75, 3.05) is 6.54 Å². The number of para-hydroxylation sites is 1. The topological polar surface area (TPSA) is 42.0 Å². The van der Waals surface area contributed by atoms with Crippen molar-refractivity contribution in [1.29, 1.82) is 0 Å². The van der Waals surface area contributed by atoms with Crippen molar-refractivity contribution in [3.63, 3.8) is 0 Å². The number of carbonyl (C=O) groups is 1. The first-order valence-electron chi connectivity index (χ1n) is 5.72. The van der Waals surface area contributed by atoms with E-state index in [4.69, 9.17) is 0 Å². The highest BCUT2D eigenvalue weighted by molar-refractivity contribution is 5.95. The van der Waals surface area contributed by atoms with Gasteiger partial charge in [-0.2, -0.15) is 0 Å². The average Bonchev–Trinajstić information content (AvgIpc) is 2.42. The van der Waals surface area contributed by atoms with Gasteiger partial charge >= 0.3 is 0 Å². The number of fused-ring (bicyclic) bond motifs is 1. The van der Waals surface area contributed by atoms with Crippen LogP contribution in [0.25, 0.3) is 17.0 Å². The predicted octanol–water partition coefficient (Wildman–Crippen LogP) is 2.55. The zero-order chi connectivity index (χ0) is 12.8. The van der Waals surface area contributed by atoms with Gasteiger partial charge in [-0.3, -0.25) is 9.78 Å². The summed E-state index contributed by atoms with van der Waals surface area (Å²) in [7, 11) is 0. The average molecular weight is 238 g/mol. The molecule has 0 saturated heterocycles. The molecule has 1 heterocycles. The second-order valence-electron chi connectivity index (χ2n) is 3.79. The summed E-state index contributed by atoms with van der Waals surface area (Å²) < 4.78 is 0. The first-order valence-corrected chi connectivity index (χ1v) is 5.72. The van der Waals surface area contributed by atoms with E-state index in [1.54, 1.807) is 18.3 Å². The Kier molecular flexibility index (Phi) is 3.86. The highest BCUT2D eigenvalue weighted by Gasteiger charge is 1.98. The number of amides is 1. The number of nitrogens with zero attached hydrogens (tertiary/aromatic N) is 1. The molecule has 18 heavy (non-hydrogen) atoms. The maximum atomic E-state index is 11.4. The smallest absolute Gasteiger partial charge is 0.244 e. The summed E-state index contributed by atoms with van der Waals surface area (Å²) >= 11 is 0. The Balaban J connectivity index is 2.24. The normalized spacial score (nSPS) is 10.7. The van der Waals surface area contributed by atoms with Crippen LogP contribution in [-0.4, -0.2) is 17.4 Å². The second kappa shape index (κ2) is 5.77. The van der Waals surface area contributed by atoms with E-state index in [9.17, 15) is 4.79 Å². The van der Waals surface area contributed by atoms with E-state index in [0.717, 1.165) is 16.5 Å². The van der Waals surface area contributed by atoms with Gasteiger partial charge in [-0.15, -0.1) is 6.58 Å². The highest BCUT2D eigenvalue weighted by atomic mass is 16.1. The maximum absolute atomic E-state index is 11.4. The van der Waals surface area contributed by atoms with Crippen LogP contribution in [0.2, 0.25) is 0 Å². The fourth-order valence-electron chi connectivity index (χ4n) is 1.66. The van der Waals surface area contributed by atoms with Gasteiger partial charge in [0.2, 0.25) is 5.91 Å². The number of rotatable bonds is 4. The lowest BCUT2D eigenvalue weighted by atomic mass is 10.1. The second-order valence-corrected chi connectivity index (χ2v) is 3.79. The van der Waals surface area contributed by atoms with Crippen molar-refractivity contribution in [2.24, 2.45) is 0 Å². The van der Waals surface area contributed by atoms with Gasteiger partial charge in [-0.1, -0.05) is 30.3 Å². The number of pyridine rings is 1. The number of benzene rings is 1. The summed E-state index contributed by atoms with van der Waals surface area (Å²) in [6.07, 6.45) is 6.67. The Morgan fingerprint density at radius 3 is 3.00 bits per heavy atom. The molecular formula is C15H14N2O. The molecule has 90 valence electrons. The third-order valence-corrected chi connectivity index (χ3v) is 2.50. The molecule has 0 aliphatic carbocycles. The molecule has 1 amide bonds. The summed E-state index contributed by atoms with van der Waals surface area (Å²) in [6.45, 7) is 4.01. The summed E-state index contributed by atoms with van der Waals surface area (Å²) in [5.74, 6) is -0.136. The van der Waals surface area contributed by atoms with E-state index in [1.165, 1.54) is 6.08 Å². The molecule has 2 aromatic rings. The lowest BCUT2D eigenvalue weighted by Crippen LogP contribution is -2.20. The first-order chi connectivity index (χ1) is 8.81. The zero-order valence-corrected chi connectivity index (χ0v) is 9.97. The molecule has 0 unspecified atom stereocenters. The number of hydrogen-bond donors (Lipinski definition) is 1. The number of nitrogens with one attached hydrogen (secondary N) is 1. The van der Waals surface area contributed by atoms with E-state index in [0.29, 0.717) is 6.54 Å². The largest absolute Gasteiger partial charge is 0.349 e. The van der Waals surface area contributed by atoms with Crippen LogP contribution in [0.5, 0.6) is 0 Å². The molecule has 0 radical (unpaired) electrons.